The highest BCUT2D eigenvalue weighted by molar-refractivity contribution is 5.69. The second kappa shape index (κ2) is 8.40. The molecule has 0 heterocycles. The van der Waals surface area contributed by atoms with Gasteiger partial charge in [0.2, 0.25) is 0 Å². The van der Waals surface area contributed by atoms with Crippen LogP contribution in [0.25, 0.3) is 0 Å². The standard InChI is InChI=1S/C15H23NO3/c1-3-18-15(17)10-5-4-6-11-19-14-9-7-8-13(16)12(14)2/h7-9H,3-6,10-11,16H2,1-2H3. The maximum atomic E-state index is 11.1. The van der Waals surface area contributed by atoms with Crippen molar-refractivity contribution in [1.29, 1.82) is 0 Å². The van der Waals surface area contributed by atoms with Crippen LogP contribution in [0.5, 0.6) is 5.75 Å². The van der Waals surface area contributed by atoms with Gasteiger partial charge in [0.15, 0.2) is 0 Å². The van der Waals surface area contributed by atoms with Crippen molar-refractivity contribution in [1.82, 2.24) is 0 Å². The molecule has 0 radical (unpaired) electrons. The predicted molar refractivity (Wildman–Crippen MR) is 76.2 cm³/mol. The van der Waals surface area contributed by atoms with E-state index in [1.165, 1.54) is 0 Å². The van der Waals surface area contributed by atoms with Gasteiger partial charge in [0.05, 0.1) is 13.2 Å². The van der Waals surface area contributed by atoms with E-state index in [-0.39, 0.29) is 5.97 Å². The van der Waals surface area contributed by atoms with E-state index in [4.69, 9.17) is 15.2 Å². The number of carbonyl (C=O) groups is 1. The SMILES string of the molecule is CCOC(=O)CCCCCOc1cccc(N)c1C. The second-order valence-electron chi connectivity index (χ2n) is 4.43. The summed E-state index contributed by atoms with van der Waals surface area (Å²) in [4.78, 5) is 11.1. The lowest BCUT2D eigenvalue weighted by atomic mass is 10.2. The molecule has 0 aliphatic rings. The van der Waals surface area contributed by atoms with Crippen molar-refractivity contribution < 1.29 is 14.3 Å². The van der Waals surface area contributed by atoms with Crippen LogP contribution < -0.4 is 10.5 Å². The lowest BCUT2D eigenvalue weighted by Crippen LogP contribution is -2.04. The molecule has 4 nitrogen and oxygen atoms in total. The molecule has 1 aromatic rings. The molecule has 0 unspecified atom stereocenters. The Balaban J connectivity index is 2.14. The minimum absolute atomic E-state index is 0.116. The van der Waals surface area contributed by atoms with Gasteiger partial charge in [-0.2, -0.15) is 0 Å². The van der Waals surface area contributed by atoms with Gasteiger partial charge in [0.1, 0.15) is 5.75 Å². The number of carbonyl (C=O) groups excluding carboxylic acids is 1. The van der Waals surface area contributed by atoms with Crippen molar-refractivity contribution in [2.45, 2.75) is 39.5 Å². The van der Waals surface area contributed by atoms with Gasteiger partial charge in [-0.25, -0.2) is 0 Å². The van der Waals surface area contributed by atoms with Crippen LogP contribution in [0.2, 0.25) is 0 Å². The Hall–Kier alpha value is -1.71. The van der Waals surface area contributed by atoms with E-state index in [1.807, 2.05) is 32.0 Å². The zero-order valence-electron chi connectivity index (χ0n) is 11.8. The average molecular weight is 265 g/mol. The van der Waals surface area contributed by atoms with E-state index in [2.05, 4.69) is 0 Å². The second-order valence-corrected chi connectivity index (χ2v) is 4.43. The molecule has 4 heteroatoms. The summed E-state index contributed by atoms with van der Waals surface area (Å²) in [6.45, 7) is 4.87. The number of benzene rings is 1. The molecule has 0 aliphatic heterocycles. The third kappa shape index (κ3) is 5.64. The van der Waals surface area contributed by atoms with Gasteiger partial charge in [-0.05, 0) is 45.2 Å². The van der Waals surface area contributed by atoms with Crippen LogP contribution in [-0.4, -0.2) is 19.2 Å². The van der Waals surface area contributed by atoms with Gasteiger partial charge in [-0.15, -0.1) is 0 Å². The molecule has 0 bridgehead atoms. The minimum atomic E-state index is -0.116. The normalized spacial score (nSPS) is 10.2. The van der Waals surface area contributed by atoms with Crippen molar-refractivity contribution >= 4 is 11.7 Å². The van der Waals surface area contributed by atoms with Gasteiger partial charge in [-0.3, -0.25) is 4.79 Å². The first-order chi connectivity index (χ1) is 9.15. The summed E-state index contributed by atoms with van der Waals surface area (Å²) < 4.78 is 10.5. The van der Waals surface area contributed by atoms with Crippen LogP contribution in [0.15, 0.2) is 18.2 Å². The predicted octanol–water partition coefficient (Wildman–Crippen LogP) is 3.08. The Morgan fingerprint density at radius 3 is 2.79 bits per heavy atom. The van der Waals surface area contributed by atoms with Gasteiger partial charge in [0, 0.05) is 17.7 Å². The number of rotatable bonds is 8. The van der Waals surface area contributed by atoms with Crippen LogP contribution in [0, 0.1) is 6.92 Å². The summed E-state index contributed by atoms with van der Waals surface area (Å²) >= 11 is 0. The van der Waals surface area contributed by atoms with Crippen LogP contribution >= 0.6 is 0 Å². The van der Waals surface area contributed by atoms with E-state index in [0.717, 1.165) is 36.3 Å². The molecule has 106 valence electrons. The summed E-state index contributed by atoms with van der Waals surface area (Å²) in [6, 6.07) is 5.67. The van der Waals surface area contributed by atoms with E-state index >= 15 is 0 Å². The first-order valence-corrected chi connectivity index (χ1v) is 6.78. The van der Waals surface area contributed by atoms with Crippen LogP contribution in [0.3, 0.4) is 0 Å². The first kappa shape index (κ1) is 15.3. The molecule has 1 rings (SSSR count). The van der Waals surface area contributed by atoms with E-state index in [9.17, 15) is 4.79 Å². The summed E-state index contributed by atoms with van der Waals surface area (Å²) in [6.07, 6.45) is 3.22. The highest BCUT2D eigenvalue weighted by Crippen LogP contribution is 2.23. The lowest BCUT2D eigenvalue weighted by Gasteiger charge is -2.10. The van der Waals surface area contributed by atoms with Gasteiger partial charge in [0.25, 0.3) is 0 Å². The van der Waals surface area contributed by atoms with Crippen LogP contribution in [-0.2, 0) is 9.53 Å². The number of anilines is 1. The number of nitrogen functional groups attached to an aromatic ring is 1. The maximum Gasteiger partial charge on any atom is 0.305 e. The fraction of sp³-hybridized carbons (Fsp3) is 0.533. The van der Waals surface area contributed by atoms with Crippen molar-refractivity contribution in [3.63, 3.8) is 0 Å². The highest BCUT2D eigenvalue weighted by Gasteiger charge is 2.03. The van der Waals surface area contributed by atoms with Gasteiger partial charge in [-0.1, -0.05) is 6.07 Å². The van der Waals surface area contributed by atoms with Crippen LogP contribution in [0.4, 0.5) is 5.69 Å². The number of hydrogen-bond donors (Lipinski definition) is 1. The summed E-state index contributed by atoms with van der Waals surface area (Å²) in [5.74, 6) is 0.723. The lowest BCUT2D eigenvalue weighted by molar-refractivity contribution is -0.143. The Bertz CT molecular complexity index is 404. The van der Waals surface area contributed by atoms with Crippen molar-refractivity contribution in [3.05, 3.63) is 23.8 Å². The molecular weight excluding hydrogens is 242 g/mol. The molecular formula is C15H23NO3. The monoisotopic (exact) mass is 265 g/mol. The first-order valence-electron chi connectivity index (χ1n) is 6.78. The molecule has 0 aromatic heterocycles. The molecule has 0 saturated carbocycles. The molecule has 2 N–H and O–H groups in total. The molecule has 0 amide bonds. The smallest absolute Gasteiger partial charge is 0.305 e. The van der Waals surface area contributed by atoms with Crippen LogP contribution in [0.1, 0.15) is 38.2 Å². The maximum absolute atomic E-state index is 11.1. The average Bonchev–Trinajstić information content (AvgIpc) is 2.38. The van der Waals surface area contributed by atoms with E-state index < -0.39 is 0 Å². The molecule has 0 atom stereocenters. The number of ether oxygens (including phenoxy) is 2. The summed E-state index contributed by atoms with van der Waals surface area (Å²) in [5.41, 5.74) is 7.53. The quantitative estimate of drug-likeness (QED) is 0.446. The number of hydrogen-bond acceptors (Lipinski definition) is 4. The molecule has 0 fully saturated rings. The van der Waals surface area contributed by atoms with E-state index in [1.54, 1.807) is 0 Å². The Kier molecular flexibility index (Phi) is 6.79. The third-order valence-corrected chi connectivity index (χ3v) is 2.91. The van der Waals surface area contributed by atoms with Crippen molar-refractivity contribution in [2.24, 2.45) is 0 Å². The molecule has 0 saturated heterocycles. The van der Waals surface area contributed by atoms with Gasteiger partial charge >= 0.3 is 5.97 Å². The van der Waals surface area contributed by atoms with E-state index in [0.29, 0.717) is 19.6 Å². The zero-order chi connectivity index (χ0) is 14.1. The molecule has 0 spiro atoms. The topological polar surface area (TPSA) is 61.5 Å². The fourth-order valence-electron chi connectivity index (χ4n) is 1.75. The summed E-state index contributed by atoms with van der Waals surface area (Å²) in [5, 5.41) is 0. The fourth-order valence-corrected chi connectivity index (χ4v) is 1.75. The Morgan fingerprint density at radius 2 is 2.05 bits per heavy atom. The molecule has 19 heavy (non-hydrogen) atoms. The third-order valence-electron chi connectivity index (χ3n) is 2.91. The Labute approximate surface area is 114 Å². The number of unbranched alkanes of at least 4 members (excludes halogenated alkanes) is 2. The highest BCUT2D eigenvalue weighted by atomic mass is 16.5. The van der Waals surface area contributed by atoms with Gasteiger partial charge < -0.3 is 15.2 Å². The largest absolute Gasteiger partial charge is 0.493 e. The molecule has 1 aromatic carbocycles. The Morgan fingerprint density at radius 1 is 1.26 bits per heavy atom. The number of nitrogens with two attached hydrogens (primary N) is 1. The molecule has 0 aliphatic carbocycles. The zero-order valence-corrected chi connectivity index (χ0v) is 11.8. The van der Waals surface area contributed by atoms with Crippen molar-refractivity contribution in [2.75, 3.05) is 18.9 Å². The summed E-state index contributed by atoms with van der Waals surface area (Å²) in [7, 11) is 0. The van der Waals surface area contributed by atoms with Crippen molar-refractivity contribution in [3.8, 4) is 5.75 Å². The number of esters is 1. The minimum Gasteiger partial charge on any atom is -0.493 e.